The molecule has 1 aromatic rings. The maximum absolute atomic E-state index is 5.40. The summed E-state index contributed by atoms with van der Waals surface area (Å²) in [5.41, 5.74) is 0. The highest BCUT2D eigenvalue weighted by molar-refractivity contribution is 5.44. The summed E-state index contributed by atoms with van der Waals surface area (Å²) in [5.74, 6) is 1.90. The summed E-state index contributed by atoms with van der Waals surface area (Å²) in [6.07, 6.45) is 1.01. The molecule has 7 nitrogen and oxygen atoms in total. The molecule has 2 rings (SSSR count). The van der Waals surface area contributed by atoms with Crippen LogP contribution in [0.2, 0.25) is 0 Å². The van der Waals surface area contributed by atoms with Gasteiger partial charge < -0.3 is 19.9 Å². The predicted octanol–water partition coefficient (Wildman–Crippen LogP) is 0.204. The summed E-state index contributed by atoms with van der Waals surface area (Å²) in [5, 5.41) is 2.96. The molecule has 1 unspecified atom stereocenters. The van der Waals surface area contributed by atoms with E-state index in [1.165, 1.54) is 0 Å². The van der Waals surface area contributed by atoms with E-state index in [9.17, 15) is 0 Å². The van der Waals surface area contributed by atoms with Gasteiger partial charge in [-0.2, -0.15) is 15.0 Å². The number of hydrogen-bond acceptors (Lipinski definition) is 7. The minimum Gasteiger partial charge on any atom is -0.379 e. The molecular formula is C11H20N6O. The fourth-order valence-electron chi connectivity index (χ4n) is 1.81. The van der Waals surface area contributed by atoms with E-state index in [1.54, 1.807) is 7.05 Å². The van der Waals surface area contributed by atoms with Crippen molar-refractivity contribution in [3.63, 3.8) is 0 Å². The Balaban J connectivity index is 2.27. The van der Waals surface area contributed by atoms with Gasteiger partial charge in [0.1, 0.15) is 0 Å². The molecule has 0 bridgehead atoms. The number of likely N-dealkylation sites (N-methyl/N-ethyl adjacent to an activating group) is 1. The molecule has 1 fully saturated rings. The van der Waals surface area contributed by atoms with Gasteiger partial charge in [-0.1, -0.05) is 0 Å². The molecule has 0 amide bonds. The second-order valence-electron chi connectivity index (χ2n) is 4.53. The van der Waals surface area contributed by atoms with Gasteiger partial charge in [0.15, 0.2) is 0 Å². The Bertz CT molecular complexity index is 405. The van der Waals surface area contributed by atoms with Crippen LogP contribution in [0, 0.1) is 0 Å². The number of anilines is 3. The maximum atomic E-state index is 5.40. The Hall–Kier alpha value is -1.63. The summed E-state index contributed by atoms with van der Waals surface area (Å²) in [6, 6.07) is 0.340. The van der Waals surface area contributed by atoms with Crippen LogP contribution in [0.4, 0.5) is 17.8 Å². The van der Waals surface area contributed by atoms with Crippen molar-refractivity contribution in [3.05, 3.63) is 0 Å². The average molecular weight is 252 g/mol. The Morgan fingerprint density at radius 1 is 1.17 bits per heavy atom. The Morgan fingerprint density at radius 3 is 2.44 bits per heavy atom. The van der Waals surface area contributed by atoms with E-state index >= 15 is 0 Å². The number of ether oxygens (including phenoxy) is 1. The third kappa shape index (κ3) is 2.61. The first kappa shape index (κ1) is 12.8. The van der Waals surface area contributed by atoms with Crippen LogP contribution in [0.1, 0.15) is 6.42 Å². The van der Waals surface area contributed by atoms with Gasteiger partial charge in [0.2, 0.25) is 17.8 Å². The largest absolute Gasteiger partial charge is 0.379 e. The van der Waals surface area contributed by atoms with Crippen LogP contribution in [0.3, 0.4) is 0 Å². The molecule has 0 spiro atoms. The van der Waals surface area contributed by atoms with E-state index in [4.69, 9.17) is 4.74 Å². The fraction of sp³-hybridized carbons (Fsp3) is 0.727. The number of nitrogens with one attached hydrogen (secondary N) is 1. The first-order chi connectivity index (χ1) is 8.61. The highest BCUT2D eigenvalue weighted by Gasteiger charge is 2.23. The van der Waals surface area contributed by atoms with Crippen molar-refractivity contribution in [2.45, 2.75) is 12.5 Å². The third-order valence-corrected chi connectivity index (χ3v) is 3.00. The molecule has 1 saturated heterocycles. The molecule has 1 aliphatic heterocycles. The second kappa shape index (κ2) is 5.34. The van der Waals surface area contributed by atoms with E-state index in [-0.39, 0.29) is 0 Å². The van der Waals surface area contributed by atoms with Crippen molar-refractivity contribution in [1.29, 1.82) is 0 Å². The lowest BCUT2D eigenvalue weighted by Gasteiger charge is -2.24. The Kier molecular flexibility index (Phi) is 3.81. The van der Waals surface area contributed by atoms with Crippen LogP contribution in [-0.2, 0) is 4.74 Å². The second-order valence-corrected chi connectivity index (χ2v) is 4.53. The molecule has 0 radical (unpaired) electrons. The number of aromatic nitrogens is 3. The van der Waals surface area contributed by atoms with Crippen LogP contribution in [0.5, 0.6) is 0 Å². The quantitative estimate of drug-likeness (QED) is 0.821. The van der Waals surface area contributed by atoms with Gasteiger partial charge in [0.25, 0.3) is 0 Å². The fourth-order valence-corrected chi connectivity index (χ4v) is 1.81. The topological polar surface area (TPSA) is 66.4 Å². The molecule has 100 valence electrons. The SMILES string of the molecule is CNc1nc(N(C)C)nc(N(C)C2CCOC2)n1. The lowest BCUT2D eigenvalue weighted by atomic mass is 10.2. The smallest absolute Gasteiger partial charge is 0.232 e. The zero-order valence-corrected chi connectivity index (χ0v) is 11.3. The average Bonchev–Trinajstić information content (AvgIpc) is 2.91. The van der Waals surface area contributed by atoms with Gasteiger partial charge in [0, 0.05) is 34.8 Å². The summed E-state index contributed by atoms with van der Waals surface area (Å²) < 4.78 is 5.40. The summed E-state index contributed by atoms with van der Waals surface area (Å²) in [6.45, 7) is 1.54. The summed E-state index contributed by atoms with van der Waals surface area (Å²) in [4.78, 5) is 17.1. The number of hydrogen-bond donors (Lipinski definition) is 1. The molecule has 1 atom stereocenters. The minimum atomic E-state index is 0.340. The standard InChI is InChI=1S/C11H20N6O/c1-12-9-13-10(16(2)3)15-11(14-9)17(4)8-5-6-18-7-8/h8H,5-7H2,1-4H3,(H,12,13,14,15). The minimum absolute atomic E-state index is 0.340. The van der Waals surface area contributed by atoms with Gasteiger partial charge in [-0.15, -0.1) is 0 Å². The first-order valence-corrected chi connectivity index (χ1v) is 6.03. The zero-order valence-electron chi connectivity index (χ0n) is 11.3. The monoisotopic (exact) mass is 252 g/mol. The lowest BCUT2D eigenvalue weighted by molar-refractivity contribution is 0.193. The number of rotatable bonds is 4. The predicted molar refractivity (Wildman–Crippen MR) is 71.3 cm³/mol. The van der Waals surface area contributed by atoms with Crippen molar-refractivity contribution in [3.8, 4) is 0 Å². The lowest BCUT2D eigenvalue weighted by Crippen LogP contribution is -2.34. The van der Waals surface area contributed by atoms with Crippen molar-refractivity contribution in [2.24, 2.45) is 0 Å². The number of nitrogens with zero attached hydrogens (tertiary/aromatic N) is 5. The molecule has 7 heteroatoms. The Labute approximate surface area is 107 Å². The van der Waals surface area contributed by atoms with Gasteiger partial charge in [-0.25, -0.2) is 0 Å². The molecule has 2 heterocycles. The maximum Gasteiger partial charge on any atom is 0.232 e. The molecule has 1 aliphatic rings. The normalized spacial score (nSPS) is 18.8. The zero-order chi connectivity index (χ0) is 13.1. The van der Waals surface area contributed by atoms with Crippen LogP contribution in [-0.4, -0.2) is 62.4 Å². The molecular weight excluding hydrogens is 232 g/mol. The van der Waals surface area contributed by atoms with Gasteiger partial charge in [0.05, 0.1) is 12.6 Å². The van der Waals surface area contributed by atoms with Crippen molar-refractivity contribution < 1.29 is 4.74 Å². The van der Waals surface area contributed by atoms with E-state index in [0.717, 1.165) is 19.6 Å². The molecule has 0 aliphatic carbocycles. The highest BCUT2D eigenvalue weighted by Crippen LogP contribution is 2.19. The van der Waals surface area contributed by atoms with Crippen LogP contribution in [0.15, 0.2) is 0 Å². The van der Waals surface area contributed by atoms with Gasteiger partial charge in [-0.3, -0.25) is 0 Å². The molecule has 0 saturated carbocycles. The molecule has 1 aromatic heterocycles. The van der Waals surface area contributed by atoms with Gasteiger partial charge in [-0.05, 0) is 6.42 Å². The summed E-state index contributed by atoms with van der Waals surface area (Å²) in [7, 11) is 7.62. The van der Waals surface area contributed by atoms with Crippen LogP contribution >= 0.6 is 0 Å². The van der Waals surface area contributed by atoms with Crippen molar-refractivity contribution in [2.75, 3.05) is 56.5 Å². The van der Waals surface area contributed by atoms with Crippen LogP contribution < -0.4 is 15.1 Å². The molecule has 0 aromatic carbocycles. The van der Waals surface area contributed by atoms with E-state index in [0.29, 0.717) is 23.9 Å². The third-order valence-electron chi connectivity index (χ3n) is 3.00. The Morgan fingerprint density at radius 2 is 1.89 bits per heavy atom. The highest BCUT2D eigenvalue weighted by atomic mass is 16.5. The first-order valence-electron chi connectivity index (χ1n) is 6.03. The van der Waals surface area contributed by atoms with E-state index < -0.39 is 0 Å². The molecule has 1 N–H and O–H groups in total. The van der Waals surface area contributed by atoms with Crippen molar-refractivity contribution in [1.82, 2.24) is 15.0 Å². The van der Waals surface area contributed by atoms with Crippen LogP contribution in [0.25, 0.3) is 0 Å². The van der Waals surface area contributed by atoms with E-state index in [2.05, 4.69) is 25.2 Å². The van der Waals surface area contributed by atoms with Gasteiger partial charge >= 0.3 is 0 Å². The molecule has 18 heavy (non-hydrogen) atoms. The van der Waals surface area contributed by atoms with Crippen molar-refractivity contribution >= 4 is 17.8 Å². The van der Waals surface area contributed by atoms with E-state index in [1.807, 2.05) is 26.0 Å². The summed E-state index contributed by atoms with van der Waals surface area (Å²) >= 11 is 0.